The van der Waals surface area contributed by atoms with Crippen molar-refractivity contribution in [1.82, 2.24) is 9.88 Å². The topological polar surface area (TPSA) is 93.4 Å². The number of hydrogen-bond donors (Lipinski definition) is 1. The summed E-state index contributed by atoms with van der Waals surface area (Å²) >= 11 is 0. The van der Waals surface area contributed by atoms with Gasteiger partial charge in [-0.1, -0.05) is 18.2 Å². The minimum atomic E-state index is -3.72. The SMILES string of the molecule is CC(c1ccc(S(N)(=O)=O)cc1)N(C)C(=O)C=Cc1cccnc1. The van der Waals surface area contributed by atoms with Crippen molar-refractivity contribution in [3.05, 3.63) is 66.0 Å². The van der Waals surface area contributed by atoms with E-state index in [1.165, 1.54) is 18.2 Å². The van der Waals surface area contributed by atoms with E-state index >= 15 is 0 Å². The lowest BCUT2D eigenvalue weighted by atomic mass is 10.1. The van der Waals surface area contributed by atoms with Gasteiger partial charge in [-0.25, -0.2) is 13.6 Å². The smallest absolute Gasteiger partial charge is 0.246 e. The maximum Gasteiger partial charge on any atom is 0.246 e. The third-order valence-electron chi connectivity index (χ3n) is 3.72. The molecule has 2 N–H and O–H groups in total. The molecule has 1 unspecified atom stereocenters. The van der Waals surface area contributed by atoms with Crippen LogP contribution >= 0.6 is 0 Å². The second-order valence-corrected chi connectivity index (χ2v) is 6.92. The van der Waals surface area contributed by atoms with Gasteiger partial charge in [-0.2, -0.15) is 0 Å². The Morgan fingerprint density at radius 3 is 2.46 bits per heavy atom. The summed E-state index contributed by atoms with van der Waals surface area (Å²) in [5.74, 6) is -0.165. The summed E-state index contributed by atoms with van der Waals surface area (Å²) < 4.78 is 22.6. The molecule has 1 amide bonds. The van der Waals surface area contributed by atoms with Crippen LogP contribution in [-0.2, 0) is 14.8 Å². The number of pyridine rings is 1. The van der Waals surface area contributed by atoms with Gasteiger partial charge < -0.3 is 4.90 Å². The summed E-state index contributed by atoms with van der Waals surface area (Å²) in [5.41, 5.74) is 1.65. The Kier molecular flexibility index (Phi) is 5.48. The normalized spacial score (nSPS) is 13.0. The highest BCUT2D eigenvalue weighted by molar-refractivity contribution is 7.89. The zero-order valence-electron chi connectivity index (χ0n) is 13.5. The van der Waals surface area contributed by atoms with Crippen LogP contribution in [0.1, 0.15) is 24.1 Å². The highest BCUT2D eigenvalue weighted by Crippen LogP contribution is 2.20. The molecule has 0 radical (unpaired) electrons. The summed E-state index contributed by atoms with van der Waals surface area (Å²) in [6, 6.07) is 9.61. The third kappa shape index (κ3) is 4.50. The lowest BCUT2D eigenvalue weighted by Crippen LogP contribution is -2.28. The van der Waals surface area contributed by atoms with E-state index in [1.807, 2.05) is 13.0 Å². The van der Waals surface area contributed by atoms with Crippen molar-refractivity contribution in [3.8, 4) is 0 Å². The second kappa shape index (κ2) is 7.37. The van der Waals surface area contributed by atoms with Gasteiger partial charge in [0, 0.05) is 25.5 Å². The maximum atomic E-state index is 12.3. The first kappa shape index (κ1) is 17.8. The van der Waals surface area contributed by atoms with E-state index in [1.54, 1.807) is 48.6 Å². The number of hydrogen-bond acceptors (Lipinski definition) is 4. The minimum Gasteiger partial charge on any atom is -0.335 e. The number of amides is 1. The fourth-order valence-electron chi connectivity index (χ4n) is 2.11. The lowest BCUT2D eigenvalue weighted by Gasteiger charge is -2.24. The van der Waals surface area contributed by atoms with Gasteiger partial charge in [0.15, 0.2) is 0 Å². The van der Waals surface area contributed by atoms with Crippen molar-refractivity contribution >= 4 is 22.0 Å². The van der Waals surface area contributed by atoms with Crippen molar-refractivity contribution in [2.75, 3.05) is 7.05 Å². The van der Waals surface area contributed by atoms with Crippen LogP contribution in [0.15, 0.2) is 59.8 Å². The Balaban J connectivity index is 2.09. The molecular formula is C17H19N3O3S. The number of benzene rings is 1. The number of rotatable bonds is 5. The first-order chi connectivity index (χ1) is 11.3. The molecule has 1 atom stereocenters. The monoisotopic (exact) mass is 345 g/mol. The summed E-state index contributed by atoms with van der Waals surface area (Å²) in [4.78, 5) is 17.9. The molecule has 0 aliphatic carbocycles. The zero-order valence-corrected chi connectivity index (χ0v) is 14.3. The molecule has 0 bridgehead atoms. The molecule has 6 nitrogen and oxygen atoms in total. The van der Waals surface area contributed by atoms with Crippen LogP contribution in [0.5, 0.6) is 0 Å². The van der Waals surface area contributed by atoms with Crippen LogP contribution in [0.25, 0.3) is 6.08 Å². The molecule has 1 aromatic carbocycles. The van der Waals surface area contributed by atoms with Gasteiger partial charge >= 0.3 is 0 Å². The summed E-state index contributed by atoms with van der Waals surface area (Å²) in [7, 11) is -2.03. The molecule has 0 saturated carbocycles. The second-order valence-electron chi connectivity index (χ2n) is 5.36. The van der Waals surface area contributed by atoms with Gasteiger partial charge in [0.1, 0.15) is 0 Å². The molecule has 0 aliphatic heterocycles. The standard InChI is InChI=1S/C17H19N3O3S/c1-13(15-6-8-16(9-7-15)24(18,22)23)20(2)17(21)10-5-14-4-3-11-19-12-14/h3-13H,1-2H3,(H2,18,22,23). The largest absolute Gasteiger partial charge is 0.335 e. The van der Waals surface area contributed by atoms with E-state index in [0.29, 0.717) is 0 Å². The molecule has 0 spiro atoms. The number of primary sulfonamides is 1. The van der Waals surface area contributed by atoms with Crippen LogP contribution in [0, 0.1) is 0 Å². The van der Waals surface area contributed by atoms with E-state index in [2.05, 4.69) is 4.98 Å². The quantitative estimate of drug-likeness (QED) is 0.838. The number of aromatic nitrogens is 1. The molecule has 0 aliphatic rings. The number of carbonyl (C=O) groups is 1. The van der Waals surface area contributed by atoms with E-state index in [4.69, 9.17) is 5.14 Å². The summed E-state index contributed by atoms with van der Waals surface area (Å²) in [6.45, 7) is 1.86. The molecular weight excluding hydrogens is 326 g/mol. The fraction of sp³-hybridized carbons (Fsp3) is 0.176. The zero-order chi connectivity index (χ0) is 17.7. The number of nitrogens with two attached hydrogens (primary N) is 1. The van der Waals surface area contributed by atoms with Gasteiger partial charge in [-0.15, -0.1) is 0 Å². The lowest BCUT2D eigenvalue weighted by molar-refractivity contribution is -0.126. The molecule has 24 heavy (non-hydrogen) atoms. The van der Waals surface area contributed by atoms with Crippen LogP contribution < -0.4 is 5.14 Å². The van der Waals surface area contributed by atoms with Gasteiger partial charge in [-0.3, -0.25) is 9.78 Å². The molecule has 2 rings (SSSR count). The Morgan fingerprint density at radius 2 is 1.92 bits per heavy atom. The predicted molar refractivity (Wildman–Crippen MR) is 92.3 cm³/mol. The van der Waals surface area contributed by atoms with Crippen molar-refractivity contribution < 1.29 is 13.2 Å². The molecule has 7 heteroatoms. The highest BCUT2D eigenvalue weighted by atomic mass is 32.2. The number of likely N-dealkylation sites (N-methyl/N-ethyl adjacent to an activating group) is 1. The number of sulfonamides is 1. The molecule has 2 aromatic rings. The Hall–Kier alpha value is -2.51. The van der Waals surface area contributed by atoms with Crippen LogP contribution in [-0.4, -0.2) is 31.3 Å². The number of carbonyl (C=O) groups excluding carboxylic acids is 1. The molecule has 0 fully saturated rings. The minimum absolute atomic E-state index is 0.0453. The maximum absolute atomic E-state index is 12.3. The van der Waals surface area contributed by atoms with E-state index in [0.717, 1.165) is 11.1 Å². The fourth-order valence-corrected chi connectivity index (χ4v) is 2.63. The van der Waals surface area contributed by atoms with Crippen LogP contribution in [0.4, 0.5) is 0 Å². The highest BCUT2D eigenvalue weighted by Gasteiger charge is 2.16. The van der Waals surface area contributed by atoms with Crippen LogP contribution in [0.2, 0.25) is 0 Å². The third-order valence-corrected chi connectivity index (χ3v) is 4.65. The summed E-state index contributed by atoms with van der Waals surface area (Å²) in [5, 5.41) is 5.08. The van der Waals surface area contributed by atoms with Crippen molar-refractivity contribution in [2.24, 2.45) is 5.14 Å². The Bertz CT molecular complexity index is 831. The van der Waals surface area contributed by atoms with E-state index < -0.39 is 10.0 Å². The average molecular weight is 345 g/mol. The molecule has 126 valence electrons. The van der Waals surface area contributed by atoms with Gasteiger partial charge in [0.05, 0.1) is 10.9 Å². The van der Waals surface area contributed by atoms with E-state index in [9.17, 15) is 13.2 Å². The first-order valence-electron chi connectivity index (χ1n) is 7.26. The average Bonchev–Trinajstić information content (AvgIpc) is 2.58. The van der Waals surface area contributed by atoms with Gasteiger partial charge in [0.25, 0.3) is 0 Å². The van der Waals surface area contributed by atoms with Crippen molar-refractivity contribution in [1.29, 1.82) is 0 Å². The Labute approximate surface area is 141 Å². The number of nitrogens with zero attached hydrogens (tertiary/aromatic N) is 2. The predicted octanol–water partition coefficient (Wildman–Crippen LogP) is 1.96. The van der Waals surface area contributed by atoms with Gasteiger partial charge in [-0.05, 0) is 42.3 Å². The first-order valence-corrected chi connectivity index (χ1v) is 8.81. The Morgan fingerprint density at radius 1 is 1.25 bits per heavy atom. The van der Waals surface area contributed by atoms with E-state index in [-0.39, 0.29) is 16.8 Å². The van der Waals surface area contributed by atoms with Crippen molar-refractivity contribution in [3.63, 3.8) is 0 Å². The molecule has 1 aromatic heterocycles. The molecule has 0 saturated heterocycles. The molecule has 1 heterocycles. The van der Waals surface area contributed by atoms with Gasteiger partial charge in [0.2, 0.25) is 15.9 Å². The summed E-state index contributed by atoms with van der Waals surface area (Å²) in [6.07, 6.45) is 6.51. The van der Waals surface area contributed by atoms with Crippen LogP contribution in [0.3, 0.4) is 0 Å². The van der Waals surface area contributed by atoms with Crippen molar-refractivity contribution in [2.45, 2.75) is 17.9 Å².